The predicted molar refractivity (Wildman–Crippen MR) is 88.3 cm³/mol. The molecule has 2 rings (SSSR count). The smallest absolute Gasteiger partial charge is 0.254 e. The first-order valence-corrected chi connectivity index (χ1v) is 7.88. The van der Waals surface area contributed by atoms with Gasteiger partial charge in [0.1, 0.15) is 5.75 Å². The Morgan fingerprint density at radius 2 is 2.05 bits per heavy atom. The highest BCUT2D eigenvalue weighted by Gasteiger charge is 2.32. The van der Waals surface area contributed by atoms with Gasteiger partial charge in [-0.2, -0.15) is 0 Å². The first-order valence-electron chi connectivity index (χ1n) is 6.80. The van der Waals surface area contributed by atoms with Crippen molar-refractivity contribution in [2.24, 2.45) is 0 Å². The van der Waals surface area contributed by atoms with Crippen molar-refractivity contribution in [2.45, 2.75) is 26.0 Å². The number of halogens is 1. The molecule has 0 saturated carbocycles. The molecule has 5 heteroatoms. The molecule has 1 aromatic rings. The van der Waals surface area contributed by atoms with E-state index in [0.29, 0.717) is 11.6 Å². The van der Waals surface area contributed by atoms with Gasteiger partial charge >= 0.3 is 0 Å². The summed E-state index contributed by atoms with van der Waals surface area (Å²) in [5, 5.41) is 0. The summed E-state index contributed by atoms with van der Waals surface area (Å²) >= 11 is 2.23. The zero-order chi connectivity index (χ0) is 14.9. The third-order valence-electron chi connectivity index (χ3n) is 3.42. The van der Waals surface area contributed by atoms with Crippen LogP contribution < -0.4 is 4.74 Å². The summed E-state index contributed by atoms with van der Waals surface area (Å²) in [5.74, 6) is 0.879. The standard InChI is InChI=1S/C15H21IN2O2/c1-10(2)20-14-7-11(5-6-13(14)16)15(19)18-8-12(9-18)17(3)4/h5-7,10,12H,8-9H2,1-4H3. The van der Waals surface area contributed by atoms with Crippen LogP contribution >= 0.6 is 22.6 Å². The van der Waals surface area contributed by atoms with Gasteiger partial charge in [0, 0.05) is 24.7 Å². The molecule has 0 unspecified atom stereocenters. The summed E-state index contributed by atoms with van der Waals surface area (Å²) < 4.78 is 6.77. The van der Waals surface area contributed by atoms with Crippen molar-refractivity contribution in [1.29, 1.82) is 0 Å². The summed E-state index contributed by atoms with van der Waals surface area (Å²) in [6.07, 6.45) is 0.107. The molecule has 1 aliphatic heterocycles. The molecule has 1 heterocycles. The molecular weight excluding hydrogens is 367 g/mol. The van der Waals surface area contributed by atoms with Crippen molar-refractivity contribution >= 4 is 28.5 Å². The average Bonchev–Trinajstić information content (AvgIpc) is 2.28. The number of carbonyl (C=O) groups is 1. The van der Waals surface area contributed by atoms with Gasteiger partial charge in [0.25, 0.3) is 5.91 Å². The van der Waals surface area contributed by atoms with Gasteiger partial charge in [-0.25, -0.2) is 0 Å². The predicted octanol–water partition coefficient (Wildman–Crippen LogP) is 2.46. The van der Waals surface area contributed by atoms with Crippen molar-refractivity contribution in [1.82, 2.24) is 9.80 Å². The van der Waals surface area contributed by atoms with E-state index >= 15 is 0 Å². The first kappa shape index (κ1) is 15.6. The van der Waals surface area contributed by atoms with E-state index in [1.54, 1.807) is 0 Å². The van der Waals surface area contributed by atoms with Crippen LogP contribution in [0.25, 0.3) is 0 Å². The summed E-state index contributed by atoms with van der Waals surface area (Å²) in [6.45, 7) is 5.58. The first-order chi connectivity index (χ1) is 9.38. The Balaban J connectivity index is 2.08. The second kappa shape index (κ2) is 6.30. The van der Waals surface area contributed by atoms with E-state index in [1.165, 1.54) is 0 Å². The third kappa shape index (κ3) is 3.44. The normalized spacial score (nSPS) is 15.7. The SMILES string of the molecule is CC(C)Oc1cc(C(=O)N2CC(N(C)C)C2)ccc1I. The van der Waals surface area contributed by atoms with Gasteiger partial charge in [-0.3, -0.25) is 4.79 Å². The number of ether oxygens (including phenoxy) is 1. The van der Waals surface area contributed by atoms with Crippen LogP contribution in [-0.2, 0) is 0 Å². The molecule has 1 aromatic carbocycles. The van der Waals surface area contributed by atoms with Crippen LogP contribution in [0.3, 0.4) is 0 Å². The minimum absolute atomic E-state index is 0.0908. The lowest BCUT2D eigenvalue weighted by atomic mass is 10.1. The molecule has 1 fully saturated rings. The molecule has 0 bridgehead atoms. The maximum Gasteiger partial charge on any atom is 0.254 e. The number of nitrogens with zero attached hydrogens (tertiary/aromatic N) is 2. The molecule has 110 valence electrons. The van der Waals surface area contributed by atoms with E-state index in [4.69, 9.17) is 4.74 Å². The summed E-state index contributed by atoms with van der Waals surface area (Å²) in [5.41, 5.74) is 0.707. The van der Waals surface area contributed by atoms with Crippen LogP contribution in [0.5, 0.6) is 5.75 Å². The van der Waals surface area contributed by atoms with Gasteiger partial charge in [-0.1, -0.05) is 0 Å². The lowest BCUT2D eigenvalue weighted by Gasteiger charge is -2.42. The molecule has 0 spiro atoms. The second-order valence-electron chi connectivity index (χ2n) is 5.64. The number of hydrogen-bond acceptors (Lipinski definition) is 3. The van der Waals surface area contributed by atoms with Gasteiger partial charge < -0.3 is 14.5 Å². The molecular formula is C15H21IN2O2. The van der Waals surface area contributed by atoms with Crippen LogP contribution in [0.4, 0.5) is 0 Å². The van der Waals surface area contributed by atoms with Crippen molar-refractivity contribution in [3.05, 3.63) is 27.3 Å². The van der Waals surface area contributed by atoms with Gasteiger partial charge in [0.05, 0.1) is 9.67 Å². The summed E-state index contributed by atoms with van der Waals surface area (Å²) in [4.78, 5) is 16.4. The molecule has 1 aliphatic rings. The number of likely N-dealkylation sites (N-methyl/N-ethyl adjacent to an activating group) is 1. The minimum Gasteiger partial charge on any atom is -0.490 e. The number of amides is 1. The van der Waals surface area contributed by atoms with E-state index in [1.807, 2.05) is 51.0 Å². The molecule has 0 N–H and O–H groups in total. The fourth-order valence-electron chi connectivity index (χ4n) is 2.11. The second-order valence-corrected chi connectivity index (χ2v) is 6.80. The third-order valence-corrected chi connectivity index (χ3v) is 4.31. The lowest BCUT2D eigenvalue weighted by molar-refractivity contribution is 0.0399. The fourth-order valence-corrected chi connectivity index (χ4v) is 2.57. The van der Waals surface area contributed by atoms with Gasteiger partial charge in [-0.05, 0) is 68.7 Å². The molecule has 1 saturated heterocycles. The van der Waals surface area contributed by atoms with Crippen LogP contribution in [0.2, 0.25) is 0 Å². The Kier molecular flexibility index (Phi) is 4.90. The quantitative estimate of drug-likeness (QED) is 0.744. The highest BCUT2D eigenvalue weighted by molar-refractivity contribution is 14.1. The van der Waals surface area contributed by atoms with Crippen LogP contribution in [-0.4, -0.2) is 55.0 Å². The number of hydrogen-bond donors (Lipinski definition) is 0. The van der Waals surface area contributed by atoms with Crippen molar-refractivity contribution < 1.29 is 9.53 Å². The number of carbonyl (C=O) groups excluding carboxylic acids is 1. The Hall–Kier alpha value is -0.820. The largest absolute Gasteiger partial charge is 0.490 e. The minimum atomic E-state index is 0.0908. The zero-order valence-corrected chi connectivity index (χ0v) is 14.5. The molecule has 1 amide bonds. The average molecular weight is 388 g/mol. The summed E-state index contributed by atoms with van der Waals surface area (Å²) in [7, 11) is 4.10. The van der Waals surface area contributed by atoms with E-state index in [2.05, 4.69) is 27.5 Å². The van der Waals surface area contributed by atoms with E-state index < -0.39 is 0 Å². The topological polar surface area (TPSA) is 32.8 Å². The Morgan fingerprint density at radius 3 is 2.60 bits per heavy atom. The Bertz CT molecular complexity index is 497. The van der Waals surface area contributed by atoms with Gasteiger partial charge in [0.15, 0.2) is 0 Å². The van der Waals surface area contributed by atoms with Crippen molar-refractivity contribution in [2.75, 3.05) is 27.2 Å². The number of benzene rings is 1. The fraction of sp³-hybridized carbons (Fsp3) is 0.533. The molecule has 0 aliphatic carbocycles. The van der Waals surface area contributed by atoms with Crippen LogP contribution in [0.15, 0.2) is 18.2 Å². The van der Waals surface area contributed by atoms with E-state index in [9.17, 15) is 4.79 Å². The maximum atomic E-state index is 12.4. The maximum absolute atomic E-state index is 12.4. The van der Waals surface area contributed by atoms with Crippen molar-refractivity contribution in [3.63, 3.8) is 0 Å². The highest BCUT2D eigenvalue weighted by Crippen LogP contribution is 2.25. The van der Waals surface area contributed by atoms with Gasteiger partial charge in [0.2, 0.25) is 0 Å². The Morgan fingerprint density at radius 1 is 1.40 bits per heavy atom. The van der Waals surface area contributed by atoms with Gasteiger partial charge in [-0.15, -0.1) is 0 Å². The monoisotopic (exact) mass is 388 g/mol. The highest BCUT2D eigenvalue weighted by atomic mass is 127. The lowest BCUT2D eigenvalue weighted by Crippen LogP contribution is -2.59. The summed E-state index contributed by atoms with van der Waals surface area (Å²) in [6, 6.07) is 6.15. The zero-order valence-electron chi connectivity index (χ0n) is 12.4. The number of rotatable bonds is 4. The van der Waals surface area contributed by atoms with E-state index in [0.717, 1.165) is 22.4 Å². The molecule has 4 nitrogen and oxygen atoms in total. The van der Waals surface area contributed by atoms with E-state index in [-0.39, 0.29) is 12.0 Å². The van der Waals surface area contributed by atoms with Crippen molar-refractivity contribution in [3.8, 4) is 5.75 Å². The molecule has 0 aromatic heterocycles. The molecule has 0 radical (unpaired) electrons. The van der Waals surface area contributed by atoms with Crippen LogP contribution in [0, 0.1) is 3.57 Å². The molecule has 0 atom stereocenters. The van der Waals surface area contributed by atoms with Crippen LogP contribution in [0.1, 0.15) is 24.2 Å². The molecule has 20 heavy (non-hydrogen) atoms. The number of likely N-dealkylation sites (tertiary alicyclic amines) is 1. The Labute approximate surface area is 134 Å².